The summed E-state index contributed by atoms with van der Waals surface area (Å²) in [5, 5.41) is 11.5. The van der Waals surface area contributed by atoms with Crippen LogP contribution in [0, 0.1) is 0 Å². The minimum Gasteiger partial charge on any atom is -0.495 e. The summed E-state index contributed by atoms with van der Waals surface area (Å²) >= 11 is 0. The smallest absolute Gasteiger partial charge is 0.335 e. The molecule has 0 spiro atoms. The van der Waals surface area contributed by atoms with E-state index in [-0.39, 0.29) is 11.5 Å². The number of anilines is 1. The number of benzene rings is 1. The number of carboxylic acids is 1. The molecule has 0 aromatic heterocycles. The van der Waals surface area contributed by atoms with Crippen LogP contribution < -0.4 is 10.1 Å². The maximum atomic E-state index is 11.6. The Bertz CT molecular complexity index is 468. The molecule has 18 heavy (non-hydrogen) atoms. The average molecular weight is 249 g/mol. The molecule has 1 aromatic carbocycles. The lowest BCUT2D eigenvalue weighted by atomic mass is 10.2. The summed E-state index contributed by atoms with van der Waals surface area (Å²) in [6, 6.07) is 4.29. The fraction of sp³-hybridized carbons (Fsp3) is 0.231. The number of rotatable bonds is 6. The number of allylic oxidation sites excluding steroid dienone is 1. The van der Waals surface area contributed by atoms with Crippen LogP contribution in [0.3, 0.4) is 0 Å². The molecule has 0 aliphatic carbocycles. The lowest BCUT2D eigenvalue weighted by molar-refractivity contribution is -0.116. The molecule has 0 atom stereocenters. The van der Waals surface area contributed by atoms with E-state index in [2.05, 4.69) is 11.9 Å². The van der Waals surface area contributed by atoms with Gasteiger partial charge >= 0.3 is 5.97 Å². The predicted octanol–water partition coefficient (Wildman–Crippen LogP) is 2.30. The molecule has 0 radical (unpaired) electrons. The van der Waals surface area contributed by atoms with E-state index in [1.54, 1.807) is 6.08 Å². The Kier molecular flexibility index (Phi) is 4.92. The van der Waals surface area contributed by atoms with Gasteiger partial charge in [-0.05, 0) is 24.6 Å². The molecule has 1 rings (SSSR count). The van der Waals surface area contributed by atoms with Crippen LogP contribution in [0.4, 0.5) is 5.69 Å². The van der Waals surface area contributed by atoms with Gasteiger partial charge in [0.15, 0.2) is 0 Å². The third-order valence-corrected chi connectivity index (χ3v) is 2.30. The van der Waals surface area contributed by atoms with Crippen molar-refractivity contribution < 1.29 is 19.4 Å². The van der Waals surface area contributed by atoms with E-state index in [9.17, 15) is 9.59 Å². The second kappa shape index (κ2) is 6.44. The molecule has 5 heteroatoms. The third-order valence-electron chi connectivity index (χ3n) is 2.30. The lowest BCUT2D eigenvalue weighted by Crippen LogP contribution is -2.12. The van der Waals surface area contributed by atoms with Gasteiger partial charge in [-0.2, -0.15) is 0 Å². The quantitative estimate of drug-likeness (QED) is 0.758. The second-order valence-electron chi connectivity index (χ2n) is 3.60. The molecule has 2 N–H and O–H groups in total. The molecule has 5 nitrogen and oxygen atoms in total. The third kappa shape index (κ3) is 3.62. The molecule has 0 aliphatic rings. The molecule has 0 saturated carbocycles. The number of ether oxygens (including phenoxy) is 1. The van der Waals surface area contributed by atoms with Crippen molar-refractivity contribution in [3.63, 3.8) is 0 Å². The Morgan fingerprint density at radius 2 is 2.22 bits per heavy atom. The van der Waals surface area contributed by atoms with Crippen molar-refractivity contribution in [1.82, 2.24) is 0 Å². The van der Waals surface area contributed by atoms with Gasteiger partial charge in [0.1, 0.15) is 5.75 Å². The number of hydrogen-bond acceptors (Lipinski definition) is 3. The van der Waals surface area contributed by atoms with Gasteiger partial charge in [-0.1, -0.05) is 6.08 Å². The van der Waals surface area contributed by atoms with Crippen molar-refractivity contribution in [3.05, 3.63) is 36.4 Å². The predicted molar refractivity (Wildman–Crippen MR) is 68.0 cm³/mol. The largest absolute Gasteiger partial charge is 0.495 e. The van der Waals surface area contributed by atoms with Crippen LogP contribution in [0.25, 0.3) is 0 Å². The van der Waals surface area contributed by atoms with Gasteiger partial charge in [0.25, 0.3) is 0 Å². The number of carboxylic acid groups (broad SMARTS) is 1. The number of carbonyl (C=O) groups excluding carboxylic acids is 1. The molecule has 0 saturated heterocycles. The van der Waals surface area contributed by atoms with Crippen LogP contribution in [-0.2, 0) is 4.79 Å². The molecule has 0 unspecified atom stereocenters. The van der Waals surface area contributed by atoms with Crippen LogP contribution in [-0.4, -0.2) is 24.1 Å². The number of aromatic carboxylic acids is 1. The molecular weight excluding hydrogens is 234 g/mol. The van der Waals surface area contributed by atoms with Gasteiger partial charge in [0.05, 0.1) is 18.4 Å². The first kappa shape index (κ1) is 13.8. The number of hydrogen-bond donors (Lipinski definition) is 2. The molecule has 1 aromatic rings. The first-order chi connectivity index (χ1) is 8.58. The number of carbonyl (C=O) groups is 2. The molecule has 0 heterocycles. The zero-order valence-electron chi connectivity index (χ0n) is 10.1. The van der Waals surface area contributed by atoms with Gasteiger partial charge in [-0.3, -0.25) is 4.79 Å². The van der Waals surface area contributed by atoms with E-state index in [0.29, 0.717) is 24.3 Å². The van der Waals surface area contributed by atoms with E-state index < -0.39 is 5.97 Å². The van der Waals surface area contributed by atoms with Crippen molar-refractivity contribution in [2.24, 2.45) is 0 Å². The zero-order valence-corrected chi connectivity index (χ0v) is 10.1. The number of methoxy groups -OCH3 is 1. The summed E-state index contributed by atoms with van der Waals surface area (Å²) < 4.78 is 5.06. The summed E-state index contributed by atoms with van der Waals surface area (Å²) in [6.45, 7) is 3.53. The first-order valence-corrected chi connectivity index (χ1v) is 5.40. The van der Waals surface area contributed by atoms with E-state index >= 15 is 0 Å². The van der Waals surface area contributed by atoms with Crippen LogP contribution in [0.5, 0.6) is 5.75 Å². The van der Waals surface area contributed by atoms with Crippen molar-refractivity contribution in [1.29, 1.82) is 0 Å². The summed E-state index contributed by atoms with van der Waals surface area (Å²) in [4.78, 5) is 22.4. The first-order valence-electron chi connectivity index (χ1n) is 5.40. The molecular formula is C13H15NO4. The highest BCUT2D eigenvalue weighted by atomic mass is 16.5. The summed E-state index contributed by atoms with van der Waals surface area (Å²) in [6.07, 6.45) is 2.50. The summed E-state index contributed by atoms with van der Waals surface area (Å²) in [5.41, 5.74) is 0.446. The van der Waals surface area contributed by atoms with Gasteiger partial charge in [-0.15, -0.1) is 6.58 Å². The summed E-state index contributed by atoms with van der Waals surface area (Å²) in [5.74, 6) is -0.845. The van der Waals surface area contributed by atoms with Gasteiger partial charge in [0, 0.05) is 6.42 Å². The van der Waals surface area contributed by atoms with Crippen LogP contribution in [0.15, 0.2) is 30.9 Å². The van der Waals surface area contributed by atoms with Crippen LogP contribution in [0.1, 0.15) is 23.2 Å². The Labute approximate surface area is 105 Å². The standard InChI is InChI=1S/C13H15NO4/c1-3-4-5-12(15)14-10-8-9(13(16)17)6-7-11(10)18-2/h3,6-8H,1,4-5H2,2H3,(H,14,15)(H,16,17). The minimum atomic E-state index is -1.06. The molecule has 96 valence electrons. The number of nitrogens with one attached hydrogen (secondary N) is 1. The van der Waals surface area contributed by atoms with Crippen molar-refractivity contribution >= 4 is 17.6 Å². The highest BCUT2D eigenvalue weighted by molar-refractivity contribution is 5.95. The fourth-order valence-corrected chi connectivity index (χ4v) is 1.38. The Hall–Kier alpha value is -2.30. The van der Waals surface area contributed by atoms with Crippen LogP contribution in [0.2, 0.25) is 0 Å². The van der Waals surface area contributed by atoms with Crippen molar-refractivity contribution in [2.45, 2.75) is 12.8 Å². The van der Waals surface area contributed by atoms with E-state index in [1.165, 1.54) is 25.3 Å². The van der Waals surface area contributed by atoms with Crippen molar-refractivity contribution in [2.75, 3.05) is 12.4 Å². The maximum absolute atomic E-state index is 11.6. The molecule has 0 aliphatic heterocycles. The Morgan fingerprint density at radius 1 is 1.50 bits per heavy atom. The van der Waals surface area contributed by atoms with Crippen molar-refractivity contribution in [3.8, 4) is 5.75 Å². The molecule has 1 amide bonds. The monoisotopic (exact) mass is 249 g/mol. The van der Waals surface area contributed by atoms with Gasteiger partial charge in [0.2, 0.25) is 5.91 Å². The zero-order chi connectivity index (χ0) is 13.5. The summed E-state index contributed by atoms with van der Waals surface area (Å²) in [7, 11) is 1.45. The molecule has 0 bridgehead atoms. The SMILES string of the molecule is C=CCCC(=O)Nc1cc(C(=O)O)ccc1OC. The van der Waals surface area contributed by atoms with E-state index in [1.807, 2.05) is 0 Å². The lowest BCUT2D eigenvalue weighted by Gasteiger charge is -2.10. The normalized spacial score (nSPS) is 9.61. The Balaban J connectivity index is 2.90. The van der Waals surface area contributed by atoms with E-state index in [4.69, 9.17) is 9.84 Å². The minimum absolute atomic E-state index is 0.0924. The van der Waals surface area contributed by atoms with Gasteiger partial charge in [-0.25, -0.2) is 4.79 Å². The van der Waals surface area contributed by atoms with Gasteiger partial charge < -0.3 is 15.2 Å². The maximum Gasteiger partial charge on any atom is 0.335 e. The topological polar surface area (TPSA) is 75.6 Å². The van der Waals surface area contributed by atoms with E-state index in [0.717, 1.165) is 0 Å². The van der Waals surface area contributed by atoms with Crippen LogP contribution >= 0.6 is 0 Å². The highest BCUT2D eigenvalue weighted by Gasteiger charge is 2.11. The molecule has 0 fully saturated rings. The number of amides is 1. The second-order valence-corrected chi connectivity index (χ2v) is 3.60. The highest BCUT2D eigenvalue weighted by Crippen LogP contribution is 2.25. The average Bonchev–Trinajstić information content (AvgIpc) is 2.36. The fourth-order valence-electron chi connectivity index (χ4n) is 1.38. The Morgan fingerprint density at radius 3 is 2.78 bits per heavy atom.